The van der Waals surface area contributed by atoms with Crippen LogP contribution < -0.4 is 15.8 Å². The van der Waals surface area contributed by atoms with Gasteiger partial charge in [0.2, 0.25) is 0 Å². The Morgan fingerprint density at radius 3 is 2.61 bits per heavy atom. The first-order valence-electron chi connectivity index (χ1n) is 12.0. The Kier molecular flexibility index (Phi) is 8.27. The van der Waals surface area contributed by atoms with Gasteiger partial charge in [-0.2, -0.15) is 5.26 Å². The van der Waals surface area contributed by atoms with Crippen LogP contribution in [-0.2, 0) is 19.7 Å². The molecule has 2 aromatic heterocycles. The Bertz CT molecular complexity index is 1610. The summed E-state index contributed by atoms with van der Waals surface area (Å²) in [5.74, 6) is 1.23. The minimum Gasteiger partial charge on any atom is -0.487 e. The van der Waals surface area contributed by atoms with E-state index in [1.54, 1.807) is 18.2 Å². The first kappa shape index (κ1) is 26.7. The Hall–Kier alpha value is -4.38. The highest BCUT2D eigenvalue weighted by Gasteiger charge is 2.13. The van der Waals surface area contributed by atoms with Gasteiger partial charge in [-0.25, -0.2) is 9.37 Å². The van der Waals surface area contributed by atoms with Crippen LogP contribution in [0, 0.1) is 24.1 Å². The van der Waals surface area contributed by atoms with Crippen molar-refractivity contribution in [2.45, 2.75) is 26.6 Å². The number of hydrogen-bond acceptors (Lipinski definition) is 5. The number of nitrogens with zero attached hydrogens (tertiary/aromatic N) is 3. The second kappa shape index (κ2) is 11.8. The van der Waals surface area contributed by atoms with Crippen molar-refractivity contribution in [2.24, 2.45) is 5.73 Å². The summed E-state index contributed by atoms with van der Waals surface area (Å²) in [6, 6.07) is 26.0. The fourth-order valence-corrected chi connectivity index (χ4v) is 4.37. The standard InChI is InChI=1S/C30H26FN5O.ClH/c1-20-24(6-3-7-27(20)23-8-10-25(31)11-9-23)19-37-26-12-13-29-35-28(16-33)30(36(29)18-26)34-17-22-5-2-4-21(14-22)15-32;/h2-14,18,34H,16-17,19,33H2,1H3;1H. The second-order valence-corrected chi connectivity index (χ2v) is 8.76. The topological polar surface area (TPSA) is 88.4 Å². The first-order chi connectivity index (χ1) is 18.1. The molecule has 5 rings (SSSR count). The van der Waals surface area contributed by atoms with Crippen molar-refractivity contribution in [1.82, 2.24) is 9.38 Å². The molecular weight excluding hydrogens is 501 g/mol. The van der Waals surface area contributed by atoms with Crippen LogP contribution in [0.25, 0.3) is 16.8 Å². The number of nitrogens with one attached hydrogen (secondary N) is 1. The third kappa shape index (κ3) is 5.62. The van der Waals surface area contributed by atoms with Gasteiger partial charge in [-0.15, -0.1) is 12.4 Å². The van der Waals surface area contributed by atoms with Gasteiger partial charge in [0, 0.05) is 13.1 Å². The SMILES string of the molecule is Cc1c(COc2ccc3nc(CN)c(NCc4cccc(C#N)c4)n3c2)cccc1-c1ccc(F)cc1.Cl. The lowest BCUT2D eigenvalue weighted by Gasteiger charge is -2.14. The van der Waals surface area contributed by atoms with E-state index in [1.165, 1.54) is 12.1 Å². The molecule has 0 saturated carbocycles. The average Bonchev–Trinajstić information content (AvgIpc) is 3.29. The molecule has 38 heavy (non-hydrogen) atoms. The third-order valence-corrected chi connectivity index (χ3v) is 6.37. The van der Waals surface area contributed by atoms with Crippen molar-refractivity contribution in [3.05, 3.63) is 119 Å². The summed E-state index contributed by atoms with van der Waals surface area (Å²) in [6.07, 6.45) is 1.90. The van der Waals surface area contributed by atoms with Crippen LogP contribution in [0.1, 0.15) is 27.9 Å². The maximum absolute atomic E-state index is 13.4. The lowest BCUT2D eigenvalue weighted by atomic mass is 9.97. The predicted octanol–water partition coefficient (Wildman–Crippen LogP) is 6.39. The minimum atomic E-state index is -0.252. The molecule has 0 aliphatic heterocycles. The number of aromatic nitrogens is 2. The van der Waals surface area contributed by atoms with Crippen molar-refractivity contribution in [3.63, 3.8) is 0 Å². The van der Waals surface area contributed by atoms with Gasteiger partial charge < -0.3 is 15.8 Å². The molecule has 0 saturated heterocycles. The number of rotatable bonds is 8. The van der Waals surface area contributed by atoms with Crippen LogP contribution in [0.3, 0.4) is 0 Å². The molecule has 0 atom stereocenters. The molecule has 0 radical (unpaired) electrons. The number of fused-ring (bicyclic) bond motifs is 1. The average molecular weight is 528 g/mol. The fourth-order valence-electron chi connectivity index (χ4n) is 4.37. The first-order valence-corrected chi connectivity index (χ1v) is 12.0. The van der Waals surface area contributed by atoms with E-state index in [1.807, 2.05) is 66.1 Å². The number of imidazole rings is 1. The molecule has 5 aromatic rings. The summed E-state index contributed by atoms with van der Waals surface area (Å²) in [6.45, 7) is 3.24. The van der Waals surface area contributed by atoms with E-state index in [2.05, 4.69) is 16.4 Å². The Balaban J connectivity index is 0.00000336. The molecule has 3 aromatic carbocycles. The maximum atomic E-state index is 13.4. The molecular formula is C30H27ClFN5O. The number of ether oxygens (including phenoxy) is 1. The van der Waals surface area contributed by atoms with E-state index in [4.69, 9.17) is 10.5 Å². The van der Waals surface area contributed by atoms with Crippen molar-refractivity contribution >= 4 is 23.9 Å². The van der Waals surface area contributed by atoms with Crippen LogP contribution in [0.5, 0.6) is 5.75 Å². The quantitative estimate of drug-likeness (QED) is 0.244. The molecule has 3 N–H and O–H groups in total. The molecule has 0 aliphatic rings. The summed E-state index contributed by atoms with van der Waals surface area (Å²) >= 11 is 0. The molecule has 0 fully saturated rings. The van der Waals surface area contributed by atoms with E-state index < -0.39 is 0 Å². The third-order valence-electron chi connectivity index (χ3n) is 6.37. The van der Waals surface area contributed by atoms with Gasteiger partial charge in [0.25, 0.3) is 0 Å². The van der Waals surface area contributed by atoms with Gasteiger partial charge in [0.1, 0.15) is 29.6 Å². The highest BCUT2D eigenvalue weighted by atomic mass is 35.5. The van der Waals surface area contributed by atoms with E-state index in [-0.39, 0.29) is 24.8 Å². The summed E-state index contributed by atoms with van der Waals surface area (Å²) in [5, 5.41) is 12.6. The van der Waals surface area contributed by atoms with Crippen LogP contribution >= 0.6 is 12.4 Å². The number of nitrogens with two attached hydrogens (primary N) is 1. The van der Waals surface area contributed by atoms with E-state index >= 15 is 0 Å². The smallest absolute Gasteiger partial charge is 0.138 e. The van der Waals surface area contributed by atoms with Gasteiger partial charge >= 0.3 is 0 Å². The van der Waals surface area contributed by atoms with Crippen LogP contribution in [0.15, 0.2) is 85.1 Å². The van der Waals surface area contributed by atoms with Gasteiger partial charge in [0.15, 0.2) is 0 Å². The molecule has 2 heterocycles. The van der Waals surface area contributed by atoms with Crippen LogP contribution in [0.4, 0.5) is 10.2 Å². The Morgan fingerprint density at radius 1 is 1.05 bits per heavy atom. The molecule has 0 spiro atoms. The zero-order chi connectivity index (χ0) is 25.8. The highest BCUT2D eigenvalue weighted by Crippen LogP contribution is 2.28. The summed E-state index contributed by atoms with van der Waals surface area (Å²) in [5.41, 5.74) is 13.2. The molecule has 192 valence electrons. The van der Waals surface area contributed by atoms with Crippen molar-refractivity contribution in [3.8, 4) is 22.9 Å². The highest BCUT2D eigenvalue weighted by molar-refractivity contribution is 5.85. The van der Waals surface area contributed by atoms with Crippen molar-refractivity contribution < 1.29 is 9.13 Å². The molecule has 0 amide bonds. The van der Waals surface area contributed by atoms with Gasteiger partial charge in [-0.1, -0.05) is 42.5 Å². The number of hydrogen-bond donors (Lipinski definition) is 2. The summed E-state index contributed by atoms with van der Waals surface area (Å²) < 4.78 is 21.5. The van der Waals surface area contributed by atoms with Gasteiger partial charge in [-0.3, -0.25) is 4.40 Å². The molecule has 8 heteroatoms. The normalized spacial score (nSPS) is 10.6. The van der Waals surface area contributed by atoms with Crippen LogP contribution in [-0.4, -0.2) is 9.38 Å². The van der Waals surface area contributed by atoms with Crippen LogP contribution in [0.2, 0.25) is 0 Å². The predicted molar refractivity (Wildman–Crippen MR) is 150 cm³/mol. The van der Waals surface area contributed by atoms with Crippen molar-refractivity contribution in [2.75, 3.05) is 5.32 Å². The number of benzene rings is 3. The van der Waals surface area contributed by atoms with E-state index in [9.17, 15) is 9.65 Å². The Morgan fingerprint density at radius 2 is 1.84 bits per heavy atom. The molecule has 6 nitrogen and oxygen atoms in total. The number of halogens is 2. The van der Waals surface area contributed by atoms with Gasteiger partial charge in [-0.05, 0) is 71.1 Å². The van der Waals surface area contributed by atoms with E-state index in [0.29, 0.717) is 24.5 Å². The Labute approximate surface area is 226 Å². The number of pyridine rings is 1. The zero-order valence-corrected chi connectivity index (χ0v) is 21.6. The zero-order valence-electron chi connectivity index (χ0n) is 20.8. The second-order valence-electron chi connectivity index (χ2n) is 8.76. The van der Waals surface area contributed by atoms with E-state index in [0.717, 1.165) is 45.0 Å². The van der Waals surface area contributed by atoms with Gasteiger partial charge in [0.05, 0.1) is 23.5 Å². The number of nitriles is 1. The van der Waals surface area contributed by atoms with Crippen molar-refractivity contribution in [1.29, 1.82) is 5.26 Å². The molecule has 0 unspecified atom stereocenters. The summed E-state index contributed by atoms with van der Waals surface area (Å²) in [4.78, 5) is 4.64. The fraction of sp³-hybridized carbons (Fsp3) is 0.133. The minimum absolute atomic E-state index is 0. The monoisotopic (exact) mass is 527 g/mol. The lowest BCUT2D eigenvalue weighted by Crippen LogP contribution is -2.07. The maximum Gasteiger partial charge on any atom is 0.138 e. The lowest BCUT2D eigenvalue weighted by molar-refractivity contribution is 0.304. The largest absolute Gasteiger partial charge is 0.487 e. The summed E-state index contributed by atoms with van der Waals surface area (Å²) in [7, 11) is 0. The number of anilines is 1. The molecule has 0 aliphatic carbocycles. The molecule has 0 bridgehead atoms.